The van der Waals surface area contributed by atoms with E-state index in [1.54, 1.807) is 24.3 Å². The van der Waals surface area contributed by atoms with Crippen LogP contribution in [-0.4, -0.2) is 39.7 Å². The van der Waals surface area contributed by atoms with E-state index in [9.17, 15) is 4.79 Å². The number of tetrazole rings is 1. The van der Waals surface area contributed by atoms with E-state index < -0.39 is 0 Å². The smallest absolute Gasteiger partial charge is 0.248 e. The van der Waals surface area contributed by atoms with Gasteiger partial charge in [-0.1, -0.05) is 32.9 Å². The van der Waals surface area contributed by atoms with Crippen molar-refractivity contribution in [2.75, 3.05) is 18.5 Å². The largest absolute Gasteiger partial charge is 0.486 e. The molecular weight excluding hydrogens is 382 g/mol. The van der Waals surface area contributed by atoms with Crippen LogP contribution in [0.2, 0.25) is 0 Å². The molecule has 8 nitrogen and oxygen atoms in total. The zero-order valence-electron chi connectivity index (χ0n) is 17.1. The highest BCUT2D eigenvalue weighted by atomic mass is 16.6. The normalized spacial score (nSPS) is 13.4. The minimum absolute atomic E-state index is 0.0314. The molecule has 0 saturated carbocycles. The summed E-state index contributed by atoms with van der Waals surface area (Å²) < 4.78 is 11.1. The molecule has 1 aliphatic rings. The highest BCUT2D eigenvalue weighted by molar-refractivity contribution is 6.02. The number of benzene rings is 2. The molecule has 0 atom stereocenters. The number of hydrogen-bond acceptors (Lipinski definition) is 6. The summed E-state index contributed by atoms with van der Waals surface area (Å²) in [6, 6.07) is 11.4. The molecule has 0 spiro atoms. The second-order valence-corrected chi connectivity index (χ2v) is 7.97. The molecule has 0 radical (unpaired) electrons. The van der Waals surface area contributed by atoms with Gasteiger partial charge in [-0.15, -0.1) is 10.2 Å². The van der Waals surface area contributed by atoms with Gasteiger partial charge in [0, 0.05) is 23.4 Å². The number of fused-ring (bicyclic) bond motifs is 1. The average Bonchev–Trinajstić information content (AvgIpc) is 3.26. The van der Waals surface area contributed by atoms with Crippen molar-refractivity contribution in [1.29, 1.82) is 0 Å². The summed E-state index contributed by atoms with van der Waals surface area (Å²) in [5.41, 5.74) is 3.37. The molecule has 0 bridgehead atoms. The van der Waals surface area contributed by atoms with Crippen LogP contribution in [0.5, 0.6) is 11.5 Å². The van der Waals surface area contributed by atoms with Crippen LogP contribution in [0.4, 0.5) is 5.69 Å². The fraction of sp³-hybridized carbons (Fsp3) is 0.273. The number of H-pyrrole nitrogens is 1. The second-order valence-electron chi connectivity index (χ2n) is 7.97. The summed E-state index contributed by atoms with van der Waals surface area (Å²) in [6.07, 6.45) is 3.22. The summed E-state index contributed by atoms with van der Waals surface area (Å²) in [6.45, 7) is 7.43. The SMILES string of the molecule is CC(C)(C)c1ccc(/C=C/C(=O)Nc2ccc3c(c2)OCCO3)c(-c2nn[nH]n2)c1. The lowest BCUT2D eigenvalue weighted by Crippen LogP contribution is -2.16. The Morgan fingerprint density at radius 2 is 1.90 bits per heavy atom. The number of rotatable bonds is 4. The van der Waals surface area contributed by atoms with E-state index in [1.165, 1.54) is 6.08 Å². The number of carbonyl (C=O) groups is 1. The van der Waals surface area contributed by atoms with Crippen LogP contribution in [0.25, 0.3) is 17.5 Å². The molecule has 4 rings (SSSR count). The van der Waals surface area contributed by atoms with Gasteiger partial charge in [-0.05, 0) is 46.0 Å². The van der Waals surface area contributed by atoms with Gasteiger partial charge >= 0.3 is 0 Å². The van der Waals surface area contributed by atoms with Crippen molar-refractivity contribution in [3.63, 3.8) is 0 Å². The Bertz CT molecular complexity index is 1080. The fourth-order valence-corrected chi connectivity index (χ4v) is 3.11. The molecule has 8 heteroatoms. The number of hydrogen-bond donors (Lipinski definition) is 2. The third kappa shape index (κ3) is 4.32. The quantitative estimate of drug-likeness (QED) is 0.643. The van der Waals surface area contributed by atoms with E-state index in [4.69, 9.17) is 9.47 Å². The van der Waals surface area contributed by atoms with Crippen molar-refractivity contribution >= 4 is 17.7 Å². The topological polar surface area (TPSA) is 102 Å². The maximum absolute atomic E-state index is 12.5. The molecule has 0 fully saturated rings. The van der Waals surface area contributed by atoms with Crippen LogP contribution in [0.15, 0.2) is 42.5 Å². The lowest BCUT2D eigenvalue weighted by Gasteiger charge is -2.20. The van der Waals surface area contributed by atoms with Gasteiger partial charge in [0.15, 0.2) is 11.5 Å². The first kappa shape index (κ1) is 19.6. The van der Waals surface area contributed by atoms with E-state index in [-0.39, 0.29) is 11.3 Å². The van der Waals surface area contributed by atoms with Gasteiger partial charge in [-0.3, -0.25) is 4.79 Å². The van der Waals surface area contributed by atoms with Crippen molar-refractivity contribution in [2.24, 2.45) is 0 Å². The summed E-state index contributed by atoms with van der Waals surface area (Å²) in [7, 11) is 0. The molecule has 1 amide bonds. The Morgan fingerprint density at radius 1 is 1.10 bits per heavy atom. The lowest BCUT2D eigenvalue weighted by atomic mass is 9.85. The van der Waals surface area contributed by atoms with Gasteiger partial charge in [0.05, 0.1) is 0 Å². The number of anilines is 1. The van der Waals surface area contributed by atoms with E-state index in [0.717, 1.165) is 16.7 Å². The number of carbonyl (C=O) groups excluding carboxylic acids is 1. The van der Waals surface area contributed by atoms with Gasteiger partial charge in [0.25, 0.3) is 0 Å². The van der Waals surface area contributed by atoms with Crippen LogP contribution in [0.1, 0.15) is 31.9 Å². The minimum atomic E-state index is -0.259. The minimum Gasteiger partial charge on any atom is -0.486 e. The Kier molecular flexibility index (Phi) is 5.22. The molecule has 0 aliphatic carbocycles. The zero-order chi connectivity index (χ0) is 21.1. The van der Waals surface area contributed by atoms with Crippen LogP contribution >= 0.6 is 0 Å². The number of aromatic nitrogens is 4. The Labute approximate surface area is 174 Å². The number of nitrogens with one attached hydrogen (secondary N) is 2. The lowest BCUT2D eigenvalue weighted by molar-refractivity contribution is -0.111. The molecule has 30 heavy (non-hydrogen) atoms. The first-order valence-electron chi connectivity index (χ1n) is 9.67. The van der Waals surface area contributed by atoms with Crippen LogP contribution in [0.3, 0.4) is 0 Å². The highest BCUT2D eigenvalue weighted by Gasteiger charge is 2.17. The summed E-state index contributed by atoms with van der Waals surface area (Å²) in [4.78, 5) is 12.5. The summed E-state index contributed by atoms with van der Waals surface area (Å²) in [5, 5.41) is 17.2. The predicted octanol–water partition coefficient (Wildman–Crippen LogP) is 3.59. The zero-order valence-corrected chi connectivity index (χ0v) is 17.1. The molecule has 2 heterocycles. The Hall–Kier alpha value is -3.68. The van der Waals surface area contributed by atoms with Crippen LogP contribution in [0, 0.1) is 0 Å². The molecule has 154 valence electrons. The Balaban J connectivity index is 1.55. The number of aromatic amines is 1. The third-order valence-corrected chi connectivity index (χ3v) is 4.73. The van der Waals surface area contributed by atoms with Crippen molar-refractivity contribution in [2.45, 2.75) is 26.2 Å². The van der Waals surface area contributed by atoms with Gasteiger partial charge in [-0.2, -0.15) is 5.21 Å². The van der Waals surface area contributed by atoms with E-state index in [0.29, 0.717) is 36.2 Å². The fourth-order valence-electron chi connectivity index (χ4n) is 3.11. The van der Waals surface area contributed by atoms with E-state index in [2.05, 4.69) is 46.7 Å². The number of ether oxygens (including phenoxy) is 2. The summed E-state index contributed by atoms with van der Waals surface area (Å²) >= 11 is 0. The maximum Gasteiger partial charge on any atom is 0.248 e. The van der Waals surface area contributed by atoms with Crippen molar-refractivity contribution in [3.8, 4) is 22.9 Å². The Morgan fingerprint density at radius 3 is 2.63 bits per heavy atom. The van der Waals surface area contributed by atoms with Crippen LogP contribution < -0.4 is 14.8 Å². The highest BCUT2D eigenvalue weighted by Crippen LogP contribution is 2.33. The van der Waals surface area contributed by atoms with Crippen LogP contribution in [-0.2, 0) is 10.2 Å². The van der Waals surface area contributed by atoms with Crippen molar-refractivity contribution in [3.05, 3.63) is 53.6 Å². The summed E-state index contributed by atoms with van der Waals surface area (Å²) in [5.74, 6) is 1.53. The first-order chi connectivity index (χ1) is 14.4. The monoisotopic (exact) mass is 405 g/mol. The first-order valence-corrected chi connectivity index (χ1v) is 9.67. The van der Waals surface area contributed by atoms with Gasteiger partial charge < -0.3 is 14.8 Å². The van der Waals surface area contributed by atoms with E-state index in [1.807, 2.05) is 18.2 Å². The molecular formula is C22H23N5O3. The van der Waals surface area contributed by atoms with Gasteiger partial charge in [0.2, 0.25) is 11.7 Å². The number of nitrogens with zero attached hydrogens (tertiary/aromatic N) is 3. The van der Waals surface area contributed by atoms with Gasteiger partial charge in [-0.25, -0.2) is 0 Å². The molecule has 1 aliphatic heterocycles. The predicted molar refractivity (Wildman–Crippen MR) is 113 cm³/mol. The molecule has 3 aromatic rings. The molecule has 0 unspecified atom stereocenters. The molecule has 2 aromatic carbocycles. The van der Waals surface area contributed by atoms with Crippen molar-refractivity contribution < 1.29 is 14.3 Å². The van der Waals surface area contributed by atoms with E-state index >= 15 is 0 Å². The molecule has 1 aromatic heterocycles. The second kappa shape index (κ2) is 7.98. The number of amides is 1. The third-order valence-electron chi connectivity index (χ3n) is 4.73. The molecule has 0 saturated heterocycles. The molecule has 2 N–H and O–H groups in total. The standard InChI is InChI=1S/C22H23N5O3/c1-22(2,3)15-6-4-14(17(12-15)21-24-26-27-25-21)5-9-20(28)23-16-7-8-18-19(13-16)30-11-10-29-18/h4-9,12-13H,10-11H2,1-3H3,(H,23,28)(H,24,25,26,27)/b9-5+. The van der Waals surface area contributed by atoms with Gasteiger partial charge in [0.1, 0.15) is 13.2 Å². The average molecular weight is 405 g/mol. The van der Waals surface area contributed by atoms with Crippen molar-refractivity contribution in [1.82, 2.24) is 20.6 Å². The maximum atomic E-state index is 12.5.